The van der Waals surface area contributed by atoms with Gasteiger partial charge in [0.05, 0.1) is 11.6 Å². The van der Waals surface area contributed by atoms with Gasteiger partial charge in [-0.05, 0) is 79.1 Å². The minimum absolute atomic E-state index is 0.135. The topological polar surface area (TPSA) is 29.5 Å². The van der Waals surface area contributed by atoms with Crippen molar-refractivity contribution >= 4 is 23.2 Å². The van der Waals surface area contributed by atoms with Gasteiger partial charge in [0.1, 0.15) is 11.5 Å². The highest BCUT2D eigenvalue weighted by Gasteiger charge is 2.41. The molecule has 0 aromatic heterocycles. The molecule has 2 atom stereocenters. The Bertz CT molecular complexity index is 1140. The van der Waals surface area contributed by atoms with E-state index in [0.29, 0.717) is 40.6 Å². The van der Waals surface area contributed by atoms with Crippen molar-refractivity contribution in [3.05, 3.63) is 102 Å². The molecular formula is C26H21ClF3NO2. The molecule has 3 nitrogen and oxygen atoms in total. The third-order valence-electron chi connectivity index (χ3n) is 5.62. The van der Waals surface area contributed by atoms with E-state index in [1.165, 1.54) is 6.07 Å². The van der Waals surface area contributed by atoms with Crippen molar-refractivity contribution in [2.24, 2.45) is 5.92 Å². The number of anilines is 1. The van der Waals surface area contributed by atoms with E-state index in [4.69, 9.17) is 16.3 Å². The van der Waals surface area contributed by atoms with Crippen molar-refractivity contribution < 1.29 is 22.7 Å². The molecule has 33 heavy (non-hydrogen) atoms. The lowest BCUT2D eigenvalue weighted by atomic mass is 9.96. The average molecular weight is 472 g/mol. The second-order valence-corrected chi connectivity index (χ2v) is 8.29. The zero-order valence-corrected chi connectivity index (χ0v) is 18.3. The Morgan fingerprint density at radius 2 is 1.67 bits per heavy atom. The summed E-state index contributed by atoms with van der Waals surface area (Å²) >= 11 is 5.89. The molecule has 0 N–H and O–H groups in total. The fraction of sp³-hybridized carbons (Fsp3) is 0.192. The third-order valence-corrected chi connectivity index (χ3v) is 5.87. The van der Waals surface area contributed by atoms with E-state index in [2.05, 4.69) is 6.58 Å². The van der Waals surface area contributed by atoms with E-state index in [1.54, 1.807) is 65.6 Å². The molecule has 1 aliphatic heterocycles. The molecule has 1 amide bonds. The molecule has 4 rings (SSSR count). The number of allylic oxidation sites excluding steroid dienone is 1. The lowest BCUT2D eigenvalue weighted by molar-refractivity contribution is -0.137. The van der Waals surface area contributed by atoms with Crippen LogP contribution < -0.4 is 9.64 Å². The largest absolute Gasteiger partial charge is 0.457 e. The van der Waals surface area contributed by atoms with E-state index >= 15 is 0 Å². The van der Waals surface area contributed by atoms with Crippen LogP contribution in [-0.4, -0.2) is 5.91 Å². The van der Waals surface area contributed by atoms with Crippen molar-refractivity contribution in [3.63, 3.8) is 0 Å². The molecule has 3 aromatic rings. The van der Waals surface area contributed by atoms with Gasteiger partial charge < -0.3 is 9.64 Å². The minimum atomic E-state index is -4.45. The van der Waals surface area contributed by atoms with E-state index < -0.39 is 17.8 Å². The molecule has 1 heterocycles. The molecule has 1 aliphatic rings. The van der Waals surface area contributed by atoms with Crippen LogP contribution in [0.1, 0.15) is 30.0 Å². The van der Waals surface area contributed by atoms with E-state index in [9.17, 15) is 18.0 Å². The molecule has 0 saturated carbocycles. The number of carbonyl (C=O) groups excluding carboxylic acids is 1. The third kappa shape index (κ3) is 5.06. The fourth-order valence-electron chi connectivity index (χ4n) is 4.05. The summed E-state index contributed by atoms with van der Waals surface area (Å²) < 4.78 is 45.6. The van der Waals surface area contributed by atoms with Crippen LogP contribution in [0.25, 0.3) is 0 Å². The lowest BCUT2D eigenvalue weighted by Crippen LogP contribution is -2.29. The smallest absolute Gasteiger partial charge is 0.416 e. The second-order valence-electron chi connectivity index (χ2n) is 7.85. The van der Waals surface area contributed by atoms with Crippen LogP contribution in [0.5, 0.6) is 11.5 Å². The molecule has 0 aliphatic carbocycles. The molecule has 170 valence electrons. The minimum Gasteiger partial charge on any atom is -0.457 e. The first-order valence-corrected chi connectivity index (χ1v) is 10.8. The number of rotatable bonds is 6. The van der Waals surface area contributed by atoms with Gasteiger partial charge in [-0.2, -0.15) is 13.2 Å². The highest BCUT2D eigenvalue weighted by Crippen LogP contribution is 2.43. The first-order chi connectivity index (χ1) is 15.8. The summed E-state index contributed by atoms with van der Waals surface area (Å²) in [6.45, 7) is 3.71. The Labute approximate surface area is 195 Å². The number of nitrogens with zero attached hydrogens (tertiary/aromatic N) is 1. The van der Waals surface area contributed by atoms with Gasteiger partial charge in [-0.1, -0.05) is 29.8 Å². The average Bonchev–Trinajstić information content (AvgIpc) is 3.12. The Morgan fingerprint density at radius 3 is 2.27 bits per heavy atom. The van der Waals surface area contributed by atoms with Gasteiger partial charge >= 0.3 is 6.18 Å². The number of halogens is 4. The first-order valence-electron chi connectivity index (χ1n) is 10.4. The summed E-state index contributed by atoms with van der Waals surface area (Å²) in [4.78, 5) is 14.8. The van der Waals surface area contributed by atoms with Crippen LogP contribution in [-0.2, 0) is 11.0 Å². The second kappa shape index (κ2) is 9.32. The van der Waals surface area contributed by atoms with Gasteiger partial charge in [0.25, 0.3) is 0 Å². The Hall–Kier alpha value is -3.25. The van der Waals surface area contributed by atoms with Gasteiger partial charge in [0.15, 0.2) is 0 Å². The fourth-order valence-corrected chi connectivity index (χ4v) is 4.18. The van der Waals surface area contributed by atoms with Gasteiger partial charge in [0.2, 0.25) is 5.91 Å². The number of alkyl halides is 3. The maximum Gasteiger partial charge on any atom is 0.416 e. The van der Waals surface area contributed by atoms with Crippen LogP contribution >= 0.6 is 11.6 Å². The van der Waals surface area contributed by atoms with Gasteiger partial charge in [-0.15, -0.1) is 6.58 Å². The zero-order chi connectivity index (χ0) is 23.6. The summed E-state index contributed by atoms with van der Waals surface area (Å²) in [6.07, 6.45) is -1.92. The zero-order valence-electron chi connectivity index (χ0n) is 17.6. The normalized spacial score (nSPS) is 18.4. The lowest BCUT2D eigenvalue weighted by Gasteiger charge is -2.26. The van der Waals surface area contributed by atoms with Crippen LogP contribution in [0.15, 0.2) is 85.5 Å². The summed E-state index contributed by atoms with van der Waals surface area (Å²) in [5, 5.41) is 0.597. The standard InChI is InChI=1S/C26H21ClF3NO2/c1-2-4-18-16-24(17-5-3-6-19(15-17)26(28,29)30)31(25(18)32)21-9-13-23(14-10-21)33-22-11-7-20(27)8-12-22/h2-3,5-15,18,24H,1,4,16H2/t18-,24+/m0/s1. The molecule has 0 unspecified atom stereocenters. The van der Waals surface area contributed by atoms with Crippen molar-refractivity contribution in [1.82, 2.24) is 0 Å². The summed E-state index contributed by atoms with van der Waals surface area (Å²) in [7, 11) is 0. The summed E-state index contributed by atoms with van der Waals surface area (Å²) in [5.41, 5.74) is 0.315. The summed E-state index contributed by atoms with van der Waals surface area (Å²) in [5.74, 6) is 0.694. The molecule has 0 bridgehead atoms. The highest BCUT2D eigenvalue weighted by atomic mass is 35.5. The molecule has 1 saturated heterocycles. The molecule has 0 radical (unpaired) electrons. The number of carbonyl (C=O) groups is 1. The van der Waals surface area contributed by atoms with Crippen LogP contribution in [0, 0.1) is 5.92 Å². The van der Waals surface area contributed by atoms with Crippen molar-refractivity contribution in [2.75, 3.05) is 4.90 Å². The first kappa shape index (κ1) is 22.9. The monoisotopic (exact) mass is 471 g/mol. The molecule has 0 spiro atoms. The number of ether oxygens (including phenoxy) is 1. The molecule has 7 heteroatoms. The molecular weight excluding hydrogens is 451 g/mol. The van der Waals surface area contributed by atoms with Gasteiger partial charge in [0, 0.05) is 16.6 Å². The van der Waals surface area contributed by atoms with Gasteiger partial charge in [-0.3, -0.25) is 4.79 Å². The van der Waals surface area contributed by atoms with Crippen molar-refractivity contribution in [1.29, 1.82) is 0 Å². The quantitative estimate of drug-likeness (QED) is 0.343. The Morgan fingerprint density at radius 1 is 1.03 bits per heavy atom. The molecule has 3 aromatic carbocycles. The maximum absolute atomic E-state index is 13.3. The van der Waals surface area contributed by atoms with Crippen molar-refractivity contribution in [3.8, 4) is 11.5 Å². The maximum atomic E-state index is 13.3. The van der Waals surface area contributed by atoms with Crippen molar-refractivity contribution in [2.45, 2.75) is 25.1 Å². The Kier molecular flexibility index (Phi) is 6.47. The molecule has 1 fully saturated rings. The van der Waals surface area contributed by atoms with Crippen LogP contribution in [0.2, 0.25) is 5.02 Å². The predicted molar refractivity (Wildman–Crippen MR) is 123 cm³/mol. The number of hydrogen-bond donors (Lipinski definition) is 0. The Balaban J connectivity index is 1.63. The van der Waals surface area contributed by atoms with E-state index in [-0.39, 0.29) is 11.8 Å². The van der Waals surface area contributed by atoms with Gasteiger partial charge in [-0.25, -0.2) is 0 Å². The predicted octanol–water partition coefficient (Wildman–Crippen LogP) is 7.82. The van der Waals surface area contributed by atoms with E-state index in [0.717, 1.165) is 12.1 Å². The number of benzene rings is 3. The van der Waals surface area contributed by atoms with E-state index in [1.807, 2.05) is 0 Å². The number of hydrogen-bond acceptors (Lipinski definition) is 2. The number of amides is 1. The summed E-state index contributed by atoms with van der Waals surface area (Å²) in [6, 6.07) is 18.5. The van der Waals surface area contributed by atoms with Crippen LogP contribution in [0.3, 0.4) is 0 Å². The highest BCUT2D eigenvalue weighted by molar-refractivity contribution is 6.30. The van der Waals surface area contributed by atoms with Crippen LogP contribution in [0.4, 0.5) is 18.9 Å². The SMILES string of the molecule is C=CC[C@H]1C[C@H](c2cccc(C(F)(F)F)c2)N(c2ccc(Oc3ccc(Cl)cc3)cc2)C1=O.